The predicted octanol–water partition coefficient (Wildman–Crippen LogP) is 2.30. The molecule has 0 bridgehead atoms. The van der Waals surface area contributed by atoms with Gasteiger partial charge in [-0.05, 0) is 0 Å². The molecule has 0 aliphatic rings. The van der Waals surface area contributed by atoms with Crippen LogP contribution in [0.1, 0.15) is 6.92 Å². The normalized spacial score (nSPS) is 5.00. The number of nitrogens with zero attached hydrogens (tertiary/aromatic N) is 1. The van der Waals surface area contributed by atoms with Crippen LogP contribution in [0.2, 0.25) is 0 Å². The Balaban J connectivity index is 0. The van der Waals surface area contributed by atoms with E-state index in [4.69, 9.17) is 5.26 Å². The number of hydrogen-bond donors (Lipinski definition) is 0. The third-order valence-electron chi connectivity index (χ3n) is 0. The van der Waals surface area contributed by atoms with Gasteiger partial charge in [0.1, 0.15) is 0 Å². The summed E-state index contributed by atoms with van der Waals surface area (Å²) in [4.78, 5) is 0. The monoisotopic (exact) mass is 358 g/mol. The molecule has 4 heteroatoms. The average molecular weight is 358 g/mol. The van der Waals surface area contributed by atoms with Gasteiger partial charge in [0.2, 0.25) is 0 Å². The van der Waals surface area contributed by atoms with Gasteiger partial charge < -0.3 is 0 Å². The molecule has 0 N–H and O–H groups in total. The summed E-state index contributed by atoms with van der Waals surface area (Å²) in [6.45, 7) is 1.43. The maximum atomic E-state index is 7.32. The van der Waals surface area contributed by atoms with Gasteiger partial charge in [0.05, 0.1) is 6.07 Å². The Morgan fingerprint density at radius 1 is 1.67 bits per heavy atom. The van der Waals surface area contributed by atoms with Crippen molar-refractivity contribution in [3.8, 4) is 6.07 Å². The van der Waals surface area contributed by atoms with Crippen molar-refractivity contribution < 1.29 is 8.46 Å². The SMILES string of the molecule is CC#N.[I][Cu][I]. The minimum atomic E-state index is 1.43. The molecule has 0 heterocycles. The molecule has 0 spiro atoms. The zero-order valence-corrected chi connectivity index (χ0v) is 8.26. The minimum absolute atomic E-state index is 1.43. The Hall–Kier alpha value is 1.47. The Morgan fingerprint density at radius 3 is 1.67 bits per heavy atom. The standard InChI is InChI=1S/C2H3N.Cu.2HI/c1-2-3;;;/h1H3;;2*1H/q;+2;;/p-2. The zero-order chi connectivity index (χ0) is 5.41. The summed E-state index contributed by atoms with van der Waals surface area (Å²) in [7, 11) is 1.75. The molecular formula is C2H3CuI2N. The number of hydrogen-bond acceptors (Lipinski definition) is 1. The summed E-state index contributed by atoms with van der Waals surface area (Å²) in [5, 5.41) is 7.32. The Morgan fingerprint density at radius 2 is 1.67 bits per heavy atom. The second-order valence-electron chi connectivity index (χ2n) is 0.267. The summed E-state index contributed by atoms with van der Waals surface area (Å²) < 4.78 is 0. The fraction of sp³-hybridized carbons (Fsp3) is 0.500. The third kappa shape index (κ3) is 50.6. The molecule has 0 amide bonds. The Bertz CT molecular complexity index is 41.3. The summed E-state index contributed by atoms with van der Waals surface area (Å²) >= 11 is 4.36. The van der Waals surface area contributed by atoms with E-state index in [0.29, 0.717) is 0 Å². The molecule has 41 valence electrons. The van der Waals surface area contributed by atoms with Crippen molar-refractivity contribution >= 4 is 40.7 Å². The van der Waals surface area contributed by atoms with Crippen LogP contribution in [0.4, 0.5) is 0 Å². The molecular weight excluding hydrogens is 355 g/mol. The van der Waals surface area contributed by atoms with Crippen LogP contribution in [-0.2, 0) is 8.46 Å². The van der Waals surface area contributed by atoms with Crippen LogP contribution in [0, 0.1) is 11.3 Å². The molecule has 0 atom stereocenters. The van der Waals surface area contributed by atoms with Gasteiger partial charge in [-0.15, -0.1) is 0 Å². The van der Waals surface area contributed by atoms with E-state index in [2.05, 4.69) is 40.7 Å². The molecule has 0 aromatic rings. The van der Waals surface area contributed by atoms with Gasteiger partial charge in [-0.2, -0.15) is 5.26 Å². The topological polar surface area (TPSA) is 23.8 Å². The van der Waals surface area contributed by atoms with Crippen LogP contribution in [0.3, 0.4) is 0 Å². The van der Waals surface area contributed by atoms with Gasteiger partial charge in [-0.25, -0.2) is 0 Å². The fourth-order valence-electron chi connectivity index (χ4n) is 0. The molecule has 6 heavy (non-hydrogen) atoms. The molecule has 0 rings (SSSR count). The van der Waals surface area contributed by atoms with E-state index in [1.165, 1.54) is 6.92 Å². The van der Waals surface area contributed by atoms with Crippen molar-refractivity contribution in [2.75, 3.05) is 0 Å². The Kier molecular flexibility index (Phi) is 28.0. The Labute approximate surface area is 66.5 Å². The van der Waals surface area contributed by atoms with E-state index in [1.807, 2.05) is 0 Å². The summed E-state index contributed by atoms with van der Waals surface area (Å²) in [6.07, 6.45) is 0. The van der Waals surface area contributed by atoms with Crippen molar-refractivity contribution in [1.82, 2.24) is 0 Å². The van der Waals surface area contributed by atoms with Crippen LogP contribution < -0.4 is 0 Å². The first-order valence-electron chi connectivity index (χ1n) is 0.952. The van der Waals surface area contributed by atoms with Crippen LogP contribution in [0.25, 0.3) is 0 Å². The molecule has 0 saturated carbocycles. The molecule has 0 aliphatic carbocycles. The fourth-order valence-corrected chi connectivity index (χ4v) is 0. The quantitative estimate of drug-likeness (QED) is 0.482. The molecule has 0 aliphatic heterocycles. The van der Waals surface area contributed by atoms with Crippen molar-refractivity contribution in [2.45, 2.75) is 6.92 Å². The second-order valence-corrected chi connectivity index (χ2v) is 8.22. The first kappa shape index (κ1) is 10.5. The van der Waals surface area contributed by atoms with Crippen molar-refractivity contribution in [3.05, 3.63) is 0 Å². The van der Waals surface area contributed by atoms with Gasteiger partial charge in [-0.1, -0.05) is 0 Å². The second kappa shape index (κ2) is 16.1. The van der Waals surface area contributed by atoms with E-state index in [0.717, 1.165) is 0 Å². The van der Waals surface area contributed by atoms with E-state index < -0.39 is 0 Å². The van der Waals surface area contributed by atoms with E-state index in [-0.39, 0.29) is 0 Å². The molecule has 0 aromatic heterocycles. The number of nitriles is 1. The van der Waals surface area contributed by atoms with Crippen molar-refractivity contribution in [1.29, 1.82) is 5.26 Å². The summed E-state index contributed by atoms with van der Waals surface area (Å²) in [5.41, 5.74) is 0. The summed E-state index contributed by atoms with van der Waals surface area (Å²) in [6, 6.07) is 1.75. The molecule has 0 saturated heterocycles. The van der Waals surface area contributed by atoms with Crippen LogP contribution in [0.15, 0.2) is 0 Å². The van der Waals surface area contributed by atoms with Crippen molar-refractivity contribution in [2.24, 2.45) is 0 Å². The first-order valence-corrected chi connectivity index (χ1v) is 7.03. The van der Waals surface area contributed by atoms with E-state index in [9.17, 15) is 0 Å². The molecule has 0 aromatic carbocycles. The van der Waals surface area contributed by atoms with Crippen LogP contribution in [-0.4, -0.2) is 0 Å². The van der Waals surface area contributed by atoms with E-state index >= 15 is 0 Å². The predicted molar refractivity (Wildman–Crippen MR) is 39.3 cm³/mol. The van der Waals surface area contributed by atoms with Crippen LogP contribution in [0.5, 0.6) is 0 Å². The molecule has 0 fully saturated rings. The van der Waals surface area contributed by atoms with Gasteiger partial charge in [0.25, 0.3) is 0 Å². The first-order chi connectivity index (χ1) is 2.83. The molecule has 0 radical (unpaired) electrons. The van der Waals surface area contributed by atoms with E-state index in [1.54, 1.807) is 14.5 Å². The summed E-state index contributed by atoms with van der Waals surface area (Å²) in [5.74, 6) is 0. The molecule has 0 unspecified atom stereocenters. The van der Waals surface area contributed by atoms with Gasteiger partial charge in [0.15, 0.2) is 0 Å². The number of rotatable bonds is 0. The average Bonchev–Trinajstić information content (AvgIpc) is 1.39. The van der Waals surface area contributed by atoms with Gasteiger partial charge in [-0.3, -0.25) is 0 Å². The van der Waals surface area contributed by atoms with Crippen LogP contribution >= 0.6 is 40.7 Å². The zero-order valence-electron chi connectivity index (χ0n) is 3.00. The van der Waals surface area contributed by atoms with Gasteiger partial charge >= 0.3 is 49.1 Å². The van der Waals surface area contributed by atoms with Crippen molar-refractivity contribution in [3.63, 3.8) is 0 Å². The third-order valence-corrected chi connectivity index (χ3v) is 0. The van der Waals surface area contributed by atoms with Gasteiger partial charge in [0, 0.05) is 6.92 Å². The maximum absolute atomic E-state index is 7.32. The molecule has 1 nitrogen and oxygen atoms in total. The number of halogens is 2.